The number of carbonyl (C=O) groups is 2. The summed E-state index contributed by atoms with van der Waals surface area (Å²) in [5.74, 6) is 1.50. The van der Waals surface area contributed by atoms with Crippen LogP contribution in [0, 0.1) is 5.92 Å². The number of benzene rings is 1. The van der Waals surface area contributed by atoms with Gasteiger partial charge in [-0.25, -0.2) is 9.97 Å². The molecule has 0 radical (unpaired) electrons. The molecule has 2 fully saturated rings. The Bertz CT molecular complexity index is 830. The van der Waals surface area contributed by atoms with Gasteiger partial charge in [0.25, 0.3) is 0 Å². The number of nitrogens with zero attached hydrogens (tertiary/aromatic N) is 3. The van der Waals surface area contributed by atoms with Crippen molar-refractivity contribution < 1.29 is 9.59 Å². The second-order valence-corrected chi connectivity index (χ2v) is 8.03. The van der Waals surface area contributed by atoms with Crippen molar-refractivity contribution in [3.8, 4) is 11.3 Å². The Morgan fingerprint density at radius 2 is 2.04 bits per heavy atom. The lowest BCUT2D eigenvalue weighted by Gasteiger charge is -2.33. The minimum Gasteiger partial charge on any atom is -0.356 e. The van der Waals surface area contributed by atoms with Gasteiger partial charge < -0.3 is 10.2 Å². The predicted molar refractivity (Wildman–Crippen MR) is 106 cm³/mol. The first-order valence-electron chi connectivity index (χ1n) is 9.30. The zero-order valence-corrected chi connectivity index (χ0v) is 15.8. The first-order chi connectivity index (χ1) is 13.2. The van der Waals surface area contributed by atoms with Crippen LogP contribution in [0.15, 0.2) is 42.7 Å². The maximum Gasteiger partial charge on any atom is 0.225 e. The molecule has 2 saturated heterocycles. The normalized spacial score (nSPS) is 22.7. The molecule has 2 aliphatic rings. The molecule has 27 heavy (non-hydrogen) atoms. The van der Waals surface area contributed by atoms with Crippen molar-refractivity contribution in [1.29, 1.82) is 0 Å². The van der Waals surface area contributed by atoms with Crippen LogP contribution in [0.5, 0.6) is 0 Å². The number of hydrogen-bond acceptors (Lipinski definition) is 6. The number of amides is 1. The zero-order chi connectivity index (χ0) is 18.6. The van der Waals surface area contributed by atoms with Gasteiger partial charge in [-0.05, 0) is 19.3 Å². The number of nitrogens with one attached hydrogen (secondary N) is 1. The number of piperidine rings is 1. The van der Waals surface area contributed by atoms with Gasteiger partial charge in [-0.15, -0.1) is 0 Å². The van der Waals surface area contributed by atoms with E-state index in [2.05, 4.69) is 20.2 Å². The molecule has 1 amide bonds. The summed E-state index contributed by atoms with van der Waals surface area (Å²) in [4.78, 5) is 35.4. The van der Waals surface area contributed by atoms with Crippen LogP contribution >= 0.6 is 11.8 Å². The zero-order valence-electron chi connectivity index (χ0n) is 15.0. The van der Waals surface area contributed by atoms with E-state index in [-0.39, 0.29) is 23.0 Å². The minimum atomic E-state index is -0.318. The number of hydrogen-bond donors (Lipinski definition) is 1. The average Bonchev–Trinajstić information content (AvgIpc) is 3.13. The summed E-state index contributed by atoms with van der Waals surface area (Å²) in [5.41, 5.74) is 1.92. The Balaban J connectivity index is 1.45. The van der Waals surface area contributed by atoms with E-state index in [1.54, 1.807) is 6.33 Å². The van der Waals surface area contributed by atoms with Crippen LogP contribution in [0.25, 0.3) is 11.3 Å². The predicted octanol–water partition coefficient (Wildman–Crippen LogP) is 2.51. The summed E-state index contributed by atoms with van der Waals surface area (Å²) < 4.78 is 0. The van der Waals surface area contributed by atoms with Crippen LogP contribution < -0.4 is 10.2 Å². The summed E-state index contributed by atoms with van der Waals surface area (Å²) in [6.45, 7) is 1.48. The summed E-state index contributed by atoms with van der Waals surface area (Å²) in [7, 11) is 0. The second-order valence-electron chi connectivity index (χ2n) is 6.93. The minimum absolute atomic E-state index is 0.0158. The van der Waals surface area contributed by atoms with E-state index in [0.29, 0.717) is 6.54 Å². The standard InChI is InChI=1S/C20H22N4O2S/c25-19(23-16-8-10-27-20(16)26)15-7-4-9-24(12-15)18-11-17(21-13-22-18)14-5-2-1-3-6-14/h1-3,5-6,11,13,15-16H,4,7-10,12H2,(H,23,25). The van der Waals surface area contributed by atoms with Gasteiger partial charge in [0.1, 0.15) is 12.1 Å². The molecule has 2 unspecified atom stereocenters. The largest absolute Gasteiger partial charge is 0.356 e. The lowest BCUT2D eigenvalue weighted by molar-refractivity contribution is -0.128. The van der Waals surface area contributed by atoms with Crippen LogP contribution in [0.1, 0.15) is 19.3 Å². The molecular formula is C20H22N4O2S. The Kier molecular flexibility index (Phi) is 5.38. The molecule has 1 aromatic carbocycles. The van der Waals surface area contributed by atoms with E-state index < -0.39 is 0 Å². The van der Waals surface area contributed by atoms with E-state index in [4.69, 9.17) is 0 Å². The van der Waals surface area contributed by atoms with Crippen molar-refractivity contribution in [2.24, 2.45) is 5.92 Å². The third-order valence-corrected chi connectivity index (χ3v) is 6.10. The van der Waals surface area contributed by atoms with Gasteiger partial charge >= 0.3 is 0 Å². The molecule has 2 aromatic rings. The highest BCUT2D eigenvalue weighted by Crippen LogP contribution is 2.26. The summed E-state index contributed by atoms with van der Waals surface area (Å²) in [5, 5.41) is 3.02. The van der Waals surface area contributed by atoms with Crippen molar-refractivity contribution in [2.75, 3.05) is 23.7 Å². The highest BCUT2D eigenvalue weighted by atomic mass is 32.2. The SMILES string of the molecule is O=C(NC1CCSC1=O)C1CCCN(c2cc(-c3ccccc3)ncn2)C1. The monoisotopic (exact) mass is 382 g/mol. The van der Waals surface area contributed by atoms with Crippen molar-refractivity contribution in [3.05, 3.63) is 42.7 Å². The molecule has 4 rings (SSSR count). The van der Waals surface area contributed by atoms with E-state index in [1.165, 1.54) is 11.8 Å². The van der Waals surface area contributed by atoms with Gasteiger partial charge in [-0.1, -0.05) is 42.1 Å². The smallest absolute Gasteiger partial charge is 0.225 e. The Hall–Kier alpha value is -2.41. The number of anilines is 1. The average molecular weight is 382 g/mol. The third kappa shape index (κ3) is 4.13. The van der Waals surface area contributed by atoms with E-state index in [1.807, 2.05) is 36.4 Å². The topological polar surface area (TPSA) is 75.2 Å². The van der Waals surface area contributed by atoms with E-state index in [9.17, 15) is 9.59 Å². The first-order valence-corrected chi connectivity index (χ1v) is 10.3. The van der Waals surface area contributed by atoms with Crippen molar-refractivity contribution in [1.82, 2.24) is 15.3 Å². The fraction of sp³-hybridized carbons (Fsp3) is 0.400. The summed E-state index contributed by atoms with van der Waals surface area (Å²) >= 11 is 1.31. The van der Waals surface area contributed by atoms with Crippen LogP contribution in [0.3, 0.4) is 0 Å². The van der Waals surface area contributed by atoms with Gasteiger partial charge in [-0.3, -0.25) is 9.59 Å². The maximum atomic E-state index is 12.6. The molecule has 0 saturated carbocycles. The van der Waals surface area contributed by atoms with E-state index in [0.717, 1.165) is 48.6 Å². The van der Waals surface area contributed by atoms with Gasteiger partial charge in [0.05, 0.1) is 17.7 Å². The molecular weight excluding hydrogens is 360 g/mol. The van der Waals surface area contributed by atoms with Gasteiger partial charge in [-0.2, -0.15) is 0 Å². The maximum absolute atomic E-state index is 12.6. The molecule has 2 atom stereocenters. The molecule has 7 heteroatoms. The van der Waals surface area contributed by atoms with Crippen molar-refractivity contribution in [3.63, 3.8) is 0 Å². The first kappa shape index (κ1) is 18.0. The summed E-state index contributed by atoms with van der Waals surface area (Å²) in [6.07, 6.45) is 4.08. The molecule has 1 aromatic heterocycles. The van der Waals surface area contributed by atoms with E-state index >= 15 is 0 Å². The number of thioether (sulfide) groups is 1. The van der Waals surface area contributed by atoms with Crippen LogP contribution in [-0.2, 0) is 9.59 Å². The molecule has 6 nitrogen and oxygen atoms in total. The van der Waals surface area contributed by atoms with Crippen LogP contribution in [-0.4, -0.2) is 45.9 Å². The molecule has 0 bridgehead atoms. The highest BCUT2D eigenvalue weighted by Gasteiger charge is 2.32. The molecule has 2 aliphatic heterocycles. The number of rotatable bonds is 4. The number of aromatic nitrogens is 2. The van der Waals surface area contributed by atoms with Gasteiger partial charge in [0.2, 0.25) is 11.0 Å². The Morgan fingerprint density at radius 1 is 1.19 bits per heavy atom. The molecule has 0 spiro atoms. The molecule has 140 valence electrons. The van der Waals surface area contributed by atoms with Crippen LogP contribution in [0.2, 0.25) is 0 Å². The van der Waals surface area contributed by atoms with Gasteiger partial charge in [0, 0.05) is 30.5 Å². The number of carbonyl (C=O) groups excluding carboxylic acids is 2. The molecule has 3 heterocycles. The quantitative estimate of drug-likeness (QED) is 0.876. The summed E-state index contributed by atoms with van der Waals surface area (Å²) in [6, 6.07) is 11.7. The van der Waals surface area contributed by atoms with Gasteiger partial charge in [0.15, 0.2) is 0 Å². The highest BCUT2D eigenvalue weighted by molar-refractivity contribution is 8.14. The third-order valence-electron chi connectivity index (χ3n) is 5.09. The molecule has 0 aliphatic carbocycles. The lowest BCUT2D eigenvalue weighted by atomic mass is 9.96. The van der Waals surface area contributed by atoms with Crippen molar-refractivity contribution in [2.45, 2.75) is 25.3 Å². The lowest BCUT2D eigenvalue weighted by Crippen LogP contribution is -2.47. The van der Waals surface area contributed by atoms with Crippen LogP contribution in [0.4, 0.5) is 5.82 Å². The Labute approximate surface area is 162 Å². The second kappa shape index (κ2) is 8.08. The fourth-order valence-electron chi connectivity index (χ4n) is 3.60. The Morgan fingerprint density at radius 3 is 2.81 bits per heavy atom. The fourth-order valence-corrected chi connectivity index (χ4v) is 4.54. The van der Waals surface area contributed by atoms with Crippen molar-refractivity contribution >= 4 is 28.6 Å². The molecule has 1 N–H and O–H groups in total.